The molecule has 2 aromatic rings. The zero-order chi connectivity index (χ0) is 17.9. The molecule has 0 saturated carbocycles. The summed E-state index contributed by atoms with van der Waals surface area (Å²) in [6.07, 6.45) is -2.17. The first-order valence-electron chi connectivity index (χ1n) is 7.48. The molecule has 0 radical (unpaired) electrons. The molecule has 3 heterocycles. The molecule has 2 N–H and O–H groups in total. The van der Waals surface area contributed by atoms with Crippen molar-refractivity contribution in [2.24, 2.45) is 0 Å². The van der Waals surface area contributed by atoms with Crippen LogP contribution in [0.25, 0.3) is 0 Å². The number of aromatic nitrogens is 3. The Labute approximate surface area is 145 Å². The molecule has 1 aliphatic rings. The predicted molar refractivity (Wildman–Crippen MR) is 86.6 cm³/mol. The Morgan fingerprint density at radius 2 is 2.24 bits per heavy atom. The molecule has 134 valence electrons. The molecule has 1 atom stereocenters. The standard InChI is InChI=1S/C14H15F3N6OS/c15-14(16,17)7-23-4-3-10(6-23)20-11-2-1-9(5-18-11)12(24)21-13-22-19-8-25-13/h1-2,5,8,10H,3-4,6-7H2,(H,18,20)(H,21,22,24). The van der Waals surface area contributed by atoms with Gasteiger partial charge in [0, 0.05) is 25.3 Å². The summed E-state index contributed by atoms with van der Waals surface area (Å²) in [5.74, 6) is 0.166. The number of amides is 1. The first kappa shape index (κ1) is 17.5. The zero-order valence-corrected chi connectivity index (χ0v) is 13.8. The van der Waals surface area contributed by atoms with Crippen molar-refractivity contribution in [3.05, 3.63) is 29.4 Å². The average molecular weight is 372 g/mol. The maximum Gasteiger partial charge on any atom is 0.401 e. The van der Waals surface area contributed by atoms with Crippen molar-refractivity contribution in [3.63, 3.8) is 0 Å². The van der Waals surface area contributed by atoms with E-state index in [0.29, 0.717) is 36.0 Å². The Kier molecular flexibility index (Phi) is 5.13. The Balaban J connectivity index is 1.52. The number of halogens is 3. The number of rotatable bonds is 5. The summed E-state index contributed by atoms with van der Waals surface area (Å²) in [4.78, 5) is 17.5. The molecule has 25 heavy (non-hydrogen) atoms. The molecule has 0 spiro atoms. The molecular weight excluding hydrogens is 357 g/mol. The smallest absolute Gasteiger partial charge is 0.366 e. The normalized spacial score (nSPS) is 18.3. The lowest BCUT2D eigenvalue weighted by Gasteiger charge is -2.18. The van der Waals surface area contributed by atoms with Gasteiger partial charge in [-0.3, -0.25) is 15.0 Å². The molecule has 1 fully saturated rings. The van der Waals surface area contributed by atoms with Crippen molar-refractivity contribution in [1.29, 1.82) is 0 Å². The van der Waals surface area contributed by atoms with Crippen molar-refractivity contribution in [2.45, 2.75) is 18.6 Å². The predicted octanol–water partition coefficient (Wildman–Crippen LogP) is 2.23. The van der Waals surface area contributed by atoms with Crippen LogP contribution < -0.4 is 10.6 Å². The van der Waals surface area contributed by atoms with E-state index in [4.69, 9.17) is 0 Å². The van der Waals surface area contributed by atoms with Crippen molar-refractivity contribution in [2.75, 3.05) is 30.3 Å². The quantitative estimate of drug-likeness (QED) is 0.838. The van der Waals surface area contributed by atoms with Crippen LogP contribution in [0.1, 0.15) is 16.8 Å². The molecular formula is C14H15F3N6OS. The van der Waals surface area contributed by atoms with Gasteiger partial charge < -0.3 is 5.32 Å². The third-order valence-corrected chi connectivity index (χ3v) is 4.24. The van der Waals surface area contributed by atoms with Gasteiger partial charge >= 0.3 is 6.18 Å². The van der Waals surface area contributed by atoms with E-state index in [-0.39, 0.29) is 11.9 Å². The van der Waals surface area contributed by atoms with Gasteiger partial charge in [-0.2, -0.15) is 13.2 Å². The number of nitrogens with one attached hydrogen (secondary N) is 2. The van der Waals surface area contributed by atoms with Crippen molar-refractivity contribution in [3.8, 4) is 0 Å². The lowest BCUT2D eigenvalue weighted by atomic mass is 10.2. The van der Waals surface area contributed by atoms with Gasteiger partial charge in [0.15, 0.2) is 0 Å². The van der Waals surface area contributed by atoms with Gasteiger partial charge in [-0.25, -0.2) is 4.98 Å². The van der Waals surface area contributed by atoms with Gasteiger partial charge in [0.2, 0.25) is 5.13 Å². The number of carbonyl (C=O) groups is 1. The highest BCUT2D eigenvalue weighted by molar-refractivity contribution is 7.13. The number of hydrogen-bond acceptors (Lipinski definition) is 7. The van der Waals surface area contributed by atoms with Crippen molar-refractivity contribution >= 4 is 28.2 Å². The summed E-state index contributed by atoms with van der Waals surface area (Å²) in [5, 5.41) is 13.4. The van der Waals surface area contributed by atoms with E-state index in [2.05, 4.69) is 25.8 Å². The molecule has 1 saturated heterocycles. The summed E-state index contributed by atoms with van der Waals surface area (Å²) in [5.41, 5.74) is 1.86. The number of nitrogens with zero attached hydrogens (tertiary/aromatic N) is 4. The van der Waals surface area contributed by atoms with E-state index in [1.54, 1.807) is 12.1 Å². The third-order valence-electron chi connectivity index (χ3n) is 3.63. The highest BCUT2D eigenvalue weighted by Gasteiger charge is 2.34. The second-order valence-electron chi connectivity index (χ2n) is 5.61. The second kappa shape index (κ2) is 7.31. The molecule has 7 nitrogen and oxygen atoms in total. The van der Waals surface area contributed by atoms with Crippen LogP contribution in [0.2, 0.25) is 0 Å². The zero-order valence-electron chi connectivity index (χ0n) is 13.0. The Hall–Kier alpha value is -2.27. The molecule has 1 unspecified atom stereocenters. The van der Waals surface area contributed by atoms with Crippen LogP contribution in [-0.4, -0.2) is 57.8 Å². The first-order valence-corrected chi connectivity index (χ1v) is 8.36. The lowest BCUT2D eigenvalue weighted by Crippen LogP contribution is -2.34. The lowest BCUT2D eigenvalue weighted by molar-refractivity contribution is -0.143. The van der Waals surface area contributed by atoms with Crippen LogP contribution in [0.3, 0.4) is 0 Å². The minimum atomic E-state index is -4.19. The van der Waals surface area contributed by atoms with E-state index in [1.807, 2.05) is 0 Å². The summed E-state index contributed by atoms with van der Waals surface area (Å²) in [6.45, 7) is -0.205. The maximum absolute atomic E-state index is 12.4. The third kappa shape index (κ3) is 5.10. The largest absolute Gasteiger partial charge is 0.401 e. The fourth-order valence-corrected chi connectivity index (χ4v) is 3.01. The van der Waals surface area contributed by atoms with E-state index in [1.165, 1.54) is 27.9 Å². The van der Waals surface area contributed by atoms with Crippen LogP contribution in [0, 0.1) is 0 Å². The topological polar surface area (TPSA) is 83.0 Å². The van der Waals surface area contributed by atoms with E-state index >= 15 is 0 Å². The summed E-state index contributed by atoms with van der Waals surface area (Å²) in [6, 6.07) is 3.12. The molecule has 0 aromatic carbocycles. The molecule has 1 aliphatic heterocycles. The fraction of sp³-hybridized carbons (Fsp3) is 0.429. The number of pyridine rings is 1. The summed E-state index contributed by atoms with van der Waals surface area (Å²) < 4.78 is 37.2. The van der Waals surface area contributed by atoms with Gasteiger partial charge in [-0.1, -0.05) is 11.3 Å². The Bertz CT molecular complexity index is 706. The van der Waals surface area contributed by atoms with E-state index < -0.39 is 12.7 Å². The van der Waals surface area contributed by atoms with E-state index in [0.717, 1.165) is 0 Å². The van der Waals surface area contributed by atoms with Crippen LogP contribution in [0.15, 0.2) is 23.8 Å². The number of carbonyl (C=O) groups excluding carboxylic acids is 1. The highest BCUT2D eigenvalue weighted by Crippen LogP contribution is 2.21. The van der Waals surface area contributed by atoms with Gasteiger partial charge in [0.25, 0.3) is 5.91 Å². The molecule has 11 heteroatoms. The number of hydrogen-bond donors (Lipinski definition) is 2. The maximum atomic E-state index is 12.4. The Morgan fingerprint density at radius 3 is 2.88 bits per heavy atom. The summed E-state index contributed by atoms with van der Waals surface area (Å²) in [7, 11) is 0. The molecule has 1 amide bonds. The van der Waals surface area contributed by atoms with Gasteiger partial charge in [-0.15, -0.1) is 10.2 Å². The highest BCUT2D eigenvalue weighted by atomic mass is 32.1. The van der Waals surface area contributed by atoms with Gasteiger partial charge in [0.05, 0.1) is 12.1 Å². The van der Waals surface area contributed by atoms with E-state index in [9.17, 15) is 18.0 Å². The molecule has 2 aromatic heterocycles. The van der Waals surface area contributed by atoms with Crippen molar-refractivity contribution < 1.29 is 18.0 Å². The van der Waals surface area contributed by atoms with Crippen LogP contribution in [-0.2, 0) is 0 Å². The van der Waals surface area contributed by atoms with Gasteiger partial charge in [-0.05, 0) is 18.6 Å². The number of alkyl halides is 3. The SMILES string of the molecule is O=C(Nc1nncs1)c1ccc(NC2CCN(CC(F)(F)F)C2)nc1. The number of likely N-dealkylation sites (tertiary alicyclic amines) is 1. The molecule has 0 aliphatic carbocycles. The van der Waals surface area contributed by atoms with Crippen LogP contribution in [0.4, 0.5) is 24.1 Å². The van der Waals surface area contributed by atoms with Crippen molar-refractivity contribution in [1.82, 2.24) is 20.1 Å². The second-order valence-corrected chi connectivity index (χ2v) is 6.44. The molecule has 3 rings (SSSR count). The van der Waals surface area contributed by atoms with Gasteiger partial charge in [0.1, 0.15) is 11.3 Å². The molecule has 0 bridgehead atoms. The van der Waals surface area contributed by atoms with Crippen LogP contribution >= 0.6 is 11.3 Å². The first-order chi connectivity index (χ1) is 11.9. The Morgan fingerprint density at radius 1 is 1.40 bits per heavy atom. The minimum absolute atomic E-state index is 0.101. The summed E-state index contributed by atoms with van der Waals surface area (Å²) >= 11 is 1.20. The monoisotopic (exact) mass is 372 g/mol. The average Bonchev–Trinajstić information content (AvgIpc) is 3.18. The minimum Gasteiger partial charge on any atom is -0.366 e. The van der Waals surface area contributed by atoms with Crippen LogP contribution in [0.5, 0.6) is 0 Å². The fourth-order valence-electron chi connectivity index (χ4n) is 2.57. The number of anilines is 2.